The molecule has 0 spiro atoms. The molecule has 2 rings (SSSR count). The summed E-state index contributed by atoms with van der Waals surface area (Å²) in [5.74, 6) is 2.42. The van der Waals surface area contributed by atoms with Gasteiger partial charge in [0.15, 0.2) is 5.96 Å². The Hall–Kier alpha value is -1.57. The average molecular weight is 381 g/mol. The summed E-state index contributed by atoms with van der Waals surface area (Å²) in [6, 6.07) is 3.92. The molecule has 0 aliphatic carbocycles. The molecule has 7 heteroatoms. The van der Waals surface area contributed by atoms with E-state index in [1.54, 1.807) is 6.26 Å². The molecule has 154 valence electrons. The maximum Gasteiger partial charge on any atom is 0.191 e. The van der Waals surface area contributed by atoms with Gasteiger partial charge in [-0.15, -0.1) is 0 Å². The molecule has 27 heavy (non-hydrogen) atoms. The normalized spacial score (nSPS) is 16.0. The van der Waals surface area contributed by atoms with E-state index in [0.29, 0.717) is 5.92 Å². The van der Waals surface area contributed by atoms with Gasteiger partial charge in [0.2, 0.25) is 0 Å². The van der Waals surface area contributed by atoms with Crippen LogP contribution in [-0.4, -0.2) is 76.6 Å². The smallest absolute Gasteiger partial charge is 0.191 e. The second-order valence-electron chi connectivity index (χ2n) is 7.19. The highest BCUT2D eigenvalue weighted by atomic mass is 16.5. The molecule has 1 aromatic rings. The van der Waals surface area contributed by atoms with Gasteiger partial charge in [0.25, 0.3) is 0 Å². The van der Waals surface area contributed by atoms with Gasteiger partial charge in [-0.1, -0.05) is 13.8 Å². The van der Waals surface area contributed by atoms with Crippen molar-refractivity contribution in [2.45, 2.75) is 26.7 Å². The lowest BCUT2D eigenvalue weighted by molar-refractivity contribution is 0.0389. The van der Waals surface area contributed by atoms with E-state index in [4.69, 9.17) is 13.9 Å². The highest BCUT2D eigenvalue weighted by molar-refractivity contribution is 5.79. The molecule has 0 amide bonds. The standard InChI is InChI=1S/C20H36N4O3/c1-18(2)17-26-13-4-7-21-20(22-8-6-19-5-3-14-27-19)23-9-10-24-11-15-25-16-12-24/h3,5,14,18H,4,6-13,15-17H2,1-2H3,(H2,21,22,23). The van der Waals surface area contributed by atoms with Crippen LogP contribution < -0.4 is 10.6 Å². The number of ether oxygens (including phenoxy) is 2. The molecule has 0 aromatic carbocycles. The van der Waals surface area contributed by atoms with Crippen LogP contribution in [0, 0.1) is 5.92 Å². The summed E-state index contributed by atoms with van der Waals surface area (Å²) in [7, 11) is 0. The van der Waals surface area contributed by atoms with Gasteiger partial charge in [-0.25, -0.2) is 0 Å². The predicted octanol–water partition coefficient (Wildman–Crippen LogP) is 1.75. The summed E-state index contributed by atoms with van der Waals surface area (Å²) in [5.41, 5.74) is 0. The van der Waals surface area contributed by atoms with E-state index in [0.717, 1.165) is 90.3 Å². The van der Waals surface area contributed by atoms with E-state index < -0.39 is 0 Å². The molecule has 7 nitrogen and oxygen atoms in total. The van der Waals surface area contributed by atoms with Gasteiger partial charge < -0.3 is 24.5 Å². The Morgan fingerprint density at radius 3 is 2.81 bits per heavy atom. The van der Waals surface area contributed by atoms with Crippen LogP contribution in [0.2, 0.25) is 0 Å². The summed E-state index contributed by atoms with van der Waals surface area (Å²) in [4.78, 5) is 7.10. The van der Waals surface area contributed by atoms with Crippen molar-refractivity contribution in [3.05, 3.63) is 24.2 Å². The maximum atomic E-state index is 5.63. The summed E-state index contributed by atoms with van der Waals surface area (Å²) in [6.07, 6.45) is 3.48. The first-order valence-electron chi connectivity index (χ1n) is 10.2. The van der Waals surface area contributed by atoms with Crippen LogP contribution in [0.1, 0.15) is 26.0 Å². The summed E-state index contributed by atoms with van der Waals surface area (Å²) in [5, 5.41) is 6.84. The van der Waals surface area contributed by atoms with Crippen LogP contribution in [0.4, 0.5) is 0 Å². The first-order valence-corrected chi connectivity index (χ1v) is 10.2. The lowest BCUT2D eigenvalue weighted by atomic mass is 10.2. The number of nitrogens with zero attached hydrogens (tertiary/aromatic N) is 2. The summed E-state index contributed by atoms with van der Waals surface area (Å²) >= 11 is 0. The second kappa shape index (κ2) is 13.6. The number of morpholine rings is 1. The quantitative estimate of drug-likeness (QED) is 0.327. The molecule has 1 aromatic heterocycles. The van der Waals surface area contributed by atoms with Crippen molar-refractivity contribution >= 4 is 5.96 Å². The molecular weight excluding hydrogens is 344 g/mol. The van der Waals surface area contributed by atoms with Crippen molar-refractivity contribution in [3.8, 4) is 0 Å². The molecule has 1 aliphatic rings. The van der Waals surface area contributed by atoms with E-state index in [2.05, 4.69) is 34.4 Å². The predicted molar refractivity (Wildman–Crippen MR) is 108 cm³/mol. The van der Waals surface area contributed by atoms with Gasteiger partial charge in [-0.05, 0) is 24.5 Å². The van der Waals surface area contributed by atoms with Crippen LogP contribution in [0.5, 0.6) is 0 Å². The molecule has 2 N–H and O–H groups in total. The molecular formula is C20H36N4O3. The van der Waals surface area contributed by atoms with Gasteiger partial charge in [0.05, 0.1) is 19.5 Å². The summed E-state index contributed by atoms with van der Waals surface area (Å²) < 4.78 is 16.4. The third-order valence-corrected chi connectivity index (χ3v) is 4.24. The second-order valence-corrected chi connectivity index (χ2v) is 7.19. The van der Waals surface area contributed by atoms with Gasteiger partial charge in [-0.2, -0.15) is 0 Å². The average Bonchev–Trinajstić information content (AvgIpc) is 3.18. The molecule has 1 fully saturated rings. The van der Waals surface area contributed by atoms with Crippen molar-refractivity contribution in [3.63, 3.8) is 0 Å². The zero-order chi connectivity index (χ0) is 19.2. The highest BCUT2D eigenvalue weighted by Gasteiger charge is 2.09. The first-order chi connectivity index (χ1) is 13.2. The molecule has 0 bridgehead atoms. The molecule has 0 atom stereocenters. The van der Waals surface area contributed by atoms with Gasteiger partial charge in [0.1, 0.15) is 5.76 Å². The number of hydrogen-bond acceptors (Lipinski definition) is 5. The fraction of sp³-hybridized carbons (Fsp3) is 0.750. The van der Waals surface area contributed by atoms with E-state index in [1.165, 1.54) is 0 Å². The van der Waals surface area contributed by atoms with Gasteiger partial charge >= 0.3 is 0 Å². The highest BCUT2D eigenvalue weighted by Crippen LogP contribution is 1.99. The number of hydrogen-bond donors (Lipinski definition) is 2. The van der Waals surface area contributed by atoms with Crippen LogP contribution in [0.25, 0.3) is 0 Å². The zero-order valence-electron chi connectivity index (χ0n) is 16.9. The SMILES string of the molecule is CC(C)COCCCN=C(NCCc1ccco1)NCCN1CCOCC1. The van der Waals surface area contributed by atoms with Crippen molar-refractivity contribution in [1.29, 1.82) is 0 Å². The van der Waals surface area contributed by atoms with E-state index in [-0.39, 0.29) is 0 Å². The molecule has 1 saturated heterocycles. The van der Waals surface area contributed by atoms with E-state index >= 15 is 0 Å². The Balaban J connectivity index is 1.67. The molecule has 1 aliphatic heterocycles. The van der Waals surface area contributed by atoms with Crippen molar-refractivity contribution < 1.29 is 13.9 Å². The summed E-state index contributed by atoms with van der Waals surface area (Å²) in [6.45, 7) is 13.0. The van der Waals surface area contributed by atoms with Crippen molar-refractivity contribution in [2.24, 2.45) is 10.9 Å². The Morgan fingerprint density at radius 2 is 2.07 bits per heavy atom. The fourth-order valence-electron chi connectivity index (χ4n) is 2.77. The van der Waals surface area contributed by atoms with E-state index in [1.807, 2.05) is 12.1 Å². The maximum absolute atomic E-state index is 5.63. The number of aliphatic imine (C=N–C) groups is 1. The topological polar surface area (TPSA) is 71.3 Å². The largest absolute Gasteiger partial charge is 0.469 e. The third kappa shape index (κ3) is 10.4. The first kappa shape index (κ1) is 21.7. The molecule has 0 unspecified atom stereocenters. The van der Waals surface area contributed by atoms with Crippen LogP contribution in [-0.2, 0) is 15.9 Å². The Bertz CT molecular complexity index is 499. The zero-order valence-corrected chi connectivity index (χ0v) is 16.9. The number of guanidine groups is 1. The van der Waals surface area contributed by atoms with Crippen LogP contribution >= 0.6 is 0 Å². The third-order valence-electron chi connectivity index (χ3n) is 4.24. The van der Waals surface area contributed by atoms with Crippen molar-refractivity contribution in [1.82, 2.24) is 15.5 Å². The fourth-order valence-corrected chi connectivity index (χ4v) is 2.77. The Morgan fingerprint density at radius 1 is 1.26 bits per heavy atom. The molecule has 0 radical (unpaired) electrons. The van der Waals surface area contributed by atoms with E-state index in [9.17, 15) is 0 Å². The Labute approximate surface area is 163 Å². The minimum Gasteiger partial charge on any atom is -0.469 e. The lowest BCUT2D eigenvalue weighted by Gasteiger charge is -2.26. The van der Waals surface area contributed by atoms with Crippen LogP contribution in [0.15, 0.2) is 27.8 Å². The minimum atomic E-state index is 0.578. The molecule has 0 saturated carbocycles. The Kier molecular flexibility index (Phi) is 10.9. The van der Waals surface area contributed by atoms with Gasteiger partial charge in [-0.3, -0.25) is 9.89 Å². The van der Waals surface area contributed by atoms with Crippen LogP contribution in [0.3, 0.4) is 0 Å². The number of furan rings is 1. The minimum absolute atomic E-state index is 0.578. The van der Waals surface area contributed by atoms with Gasteiger partial charge in [0, 0.05) is 58.9 Å². The monoisotopic (exact) mass is 380 g/mol. The lowest BCUT2D eigenvalue weighted by Crippen LogP contribution is -2.44. The number of rotatable bonds is 12. The van der Waals surface area contributed by atoms with Crippen molar-refractivity contribution in [2.75, 3.05) is 65.7 Å². The molecule has 2 heterocycles. The number of nitrogens with one attached hydrogen (secondary N) is 2.